The van der Waals surface area contributed by atoms with E-state index in [2.05, 4.69) is 15.0 Å². The lowest BCUT2D eigenvalue weighted by atomic mass is 10.2. The number of nitrogens with one attached hydrogen (secondary N) is 1. The summed E-state index contributed by atoms with van der Waals surface area (Å²) in [5, 5.41) is 0.408. The molecule has 120 valence electrons. The molecule has 3 rings (SSSR count). The molecule has 1 aromatic carbocycles. The van der Waals surface area contributed by atoms with Crippen molar-refractivity contribution >= 4 is 28.0 Å². The summed E-state index contributed by atoms with van der Waals surface area (Å²) in [7, 11) is 5.52. The number of fused-ring (bicyclic) bond motifs is 1. The minimum Gasteiger partial charge on any atom is -0.609 e. The molecule has 0 amide bonds. The molecule has 2 aromatic heterocycles. The van der Waals surface area contributed by atoms with Crippen LogP contribution in [0.15, 0.2) is 41.7 Å². The van der Waals surface area contributed by atoms with E-state index in [1.807, 2.05) is 43.3 Å². The number of anilines is 1. The molecule has 0 saturated carbocycles. The van der Waals surface area contributed by atoms with E-state index < -0.39 is 11.2 Å². The minimum atomic E-state index is -1.29. The third-order valence-corrected chi connectivity index (χ3v) is 4.73. The number of aromatic nitrogens is 3. The van der Waals surface area contributed by atoms with E-state index in [1.54, 1.807) is 19.4 Å². The zero-order chi connectivity index (χ0) is 16.4. The van der Waals surface area contributed by atoms with Crippen LogP contribution >= 0.6 is 0 Å². The number of rotatable bonds is 5. The molecule has 1 N–H and O–H groups in total. The number of benzene rings is 1. The Kier molecular flexibility index (Phi) is 4.40. The van der Waals surface area contributed by atoms with Crippen molar-refractivity contribution < 1.29 is 9.29 Å². The van der Waals surface area contributed by atoms with Gasteiger partial charge in [-0.15, -0.1) is 0 Å². The number of imidazole rings is 1. The number of pyridine rings is 1. The molecular formula is C16H18N4O2S. The van der Waals surface area contributed by atoms with Gasteiger partial charge in [0.1, 0.15) is 17.0 Å². The smallest absolute Gasteiger partial charge is 0.323 e. The van der Waals surface area contributed by atoms with Gasteiger partial charge in [-0.2, -0.15) is 4.98 Å². The summed E-state index contributed by atoms with van der Waals surface area (Å²) in [5.74, 6) is 1.02. The maximum atomic E-state index is 12.7. The first-order chi connectivity index (χ1) is 11.1. The van der Waals surface area contributed by atoms with Crippen LogP contribution in [0.4, 0.5) is 5.69 Å². The molecule has 0 aliphatic carbocycles. The van der Waals surface area contributed by atoms with E-state index in [0.29, 0.717) is 27.8 Å². The van der Waals surface area contributed by atoms with Gasteiger partial charge in [0.25, 0.3) is 0 Å². The lowest BCUT2D eigenvalue weighted by molar-refractivity contribution is 0.418. The Bertz CT molecular complexity index is 819. The van der Waals surface area contributed by atoms with Crippen molar-refractivity contribution in [3.63, 3.8) is 0 Å². The predicted octanol–water partition coefficient (Wildman–Crippen LogP) is 2.34. The van der Waals surface area contributed by atoms with Crippen LogP contribution in [0.25, 0.3) is 11.2 Å². The molecule has 2 heterocycles. The Morgan fingerprint density at radius 2 is 2.04 bits per heavy atom. The molecule has 0 fully saturated rings. The highest BCUT2D eigenvalue weighted by atomic mass is 32.2. The SMILES string of the molecule is COc1ccnc2nc([S+]([O-])Cc3ccccc3N(C)C)[nH]c12. The molecule has 0 aliphatic rings. The average Bonchev–Trinajstić information content (AvgIpc) is 2.99. The topological polar surface area (TPSA) is 77.1 Å². The maximum Gasteiger partial charge on any atom is 0.323 e. The number of para-hydroxylation sites is 1. The van der Waals surface area contributed by atoms with E-state index in [-0.39, 0.29) is 0 Å². The van der Waals surface area contributed by atoms with Crippen LogP contribution in [0.3, 0.4) is 0 Å². The summed E-state index contributed by atoms with van der Waals surface area (Å²) in [6.07, 6.45) is 1.62. The van der Waals surface area contributed by atoms with Gasteiger partial charge in [0.15, 0.2) is 5.65 Å². The summed E-state index contributed by atoms with van der Waals surface area (Å²) in [6, 6.07) is 9.65. The highest BCUT2D eigenvalue weighted by Gasteiger charge is 2.21. The highest BCUT2D eigenvalue weighted by Crippen LogP contribution is 2.26. The largest absolute Gasteiger partial charge is 0.609 e. The summed E-state index contributed by atoms with van der Waals surface area (Å²) in [4.78, 5) is 13.6. The number of nitrogens with zero attached hydrogens (tertiary/aromatic N) is 3. The zero-order valence-corrected chi connectivity index (χ0v) is 14.1. The second kappa shape index (κ2) is 6.47. The van der Waals surface area contributed by atoms with Gasteiger partial charge in [-0.25, -0.2) is 4.98 Å². The molecule has 0 aliphatic heterocycles. The molecule has 23 heavy (non-hydrogen) atoms. The second-order valence-electron chi connectivity index (χ2n) is 5.27. The van der Waals surface area contributed by atoms with Crippen molar-refractivity contribution in [2.24, 2.45) is 0 Å². The van der Waals surface area contributed by atoms with Crippen LogP contribution in [0.1, 0.15) is 5.56 Å². The fraction of sp³-hybridized carbons (Fsp3) is 0.250. The molecule has 0 bridgehead atoms. The van der Waals surface area contributed by atoms with Gasteiger partial charge in [0.05, 0.1) is 7.11 Å². The maximum absolute atomic E-state index is 12.7. The van der Waals surface area contributed by atoms with Gasteiger partial charge in [0, 0.05) is 48.8 Å². The fourth-order valence-corrected chi connectivity index (χ4v) is 3.49. The number of methoxy groups -OCH3 is 1. The number of ether oxygens (including phenoxy) is 1. The lowest BCUT2D eigenvalue weighted by Crippen LogP contribution is -2.14. The average molecular weight is 330 g/mol. The van der Waals surface area contributed by atoms with Crippen LogP contribution < -0.4 is 9.64 Å². The molecule has 0 saturated heterocycles. The van der Waals surface area contributed by atoms with Gasteiger partial charge in [0.2, 0.25) is 0 Å². The summed E-state index contributed by atoms with van der Waals surface area (Å²) in [6.45, 7) is 0. The van der Waals surface area contributed by atoms with Gasteiger partial charge in [-0.05, 0) is 6.07 Å². The standard InChI is InChI=1S/C16H18N4O2S/c1-20(2)12-7-5-4-6-11(12)10-23(21)16-18-14-13(22-3)8-9-17-15(14)19-16/h4-9H,10H2,1-3H3,(H,17,18,19). The predicted molar refractivity (Wildman–Crippen MR) is 91.3 cm³/mol. The summed E-state index contributed by atoms with van der Waals surface area (Å²) in [5.41, 5.74) is 3.23. The summed E-state index contributed by atoms with van der Waals surface area (Å²) >= 11 is -1.29. The van der Waals surface area contributed by atoms with Crippen molar-refractivity contribution in [3.8, 4) is 5.75 Å². The highest BCUT2D eigenvalue weighted by molar-refractivity contribution is 7.90. The van der Waals surface area contributed by atoms with Crippen LogP contribution in [-0.2, 0) is 16.9 Å². The van der Waals surface area contributed by atoms with Crippen LogP contribution in [0.2, 0.25) is 0 Å². The number of hydrogen-bond acceptors (Lipinski definition) is 5. The molecule has 7 heteroatoms. The monoisotopic (exact) mass is 330 g/mol. The van der Waals surface area contributed by atoms with Crippen LogP contribution in [0.5, 0.6) is 5.75 Å². The van der Waals surface area contributed by atoms with Crippen molar-refractivity contribution in [2.75, 3.05) is 26.1 Å². The zero-order valence-electron chi connectivity index (χ0n) is 13.2. The number of aromatic amines is 1. The van der Waals surface area contributed by atoms with E-state index in [1.165, 1.54) is 0 Å². The summed E-state index contributed by atoms with van der Waals surface area (Å²) < 4.78 is 18.0. The van der Waals surface area contributed by atoms with Crippen molar-refractivity contribution in [2.45, 2.75) is 10.9 Å². The van der Waals surface area contributed by atoms with Crippen LogP contribution in [0, 0.1) is 0 Å². The molecule has 1 unspecified atom stereocenters. The fourth-order valence-electron chi connectivity index (χ4n) is 2.42. The first-order valence-corrected chi connectivity index (χ1v) is 8.44. The van der Waals surface area contributed by atoms with Gasteiger partial charge >= 0.3 is 5.16 Å². The third kappa shape index (κ3) is 3.11. The van der Waals surface area contributed by atoms with Gasteiger partial charge in [-0.1, -0.05) is 18.2 Å². The minimum absolute atomic E-state index is 0.385. The molecule has 1 atom stereocenters. The molecule has 0 spiro atoms. The van der Waals surface area contributed by atoms with Crippen molar-refractivity contribution in [1.29, 1.82) is 0 Å². The molecule has 6 nitrogen and oxygen atoms in total. The second-order valence-corrected chi connectivity index (χ2v) is 6.63. The van der Waals surface area contributed by atoms with E-state index in [0.717, 1.165) is 11.3 Å². The third-order valence-electron chi connectivity index (χ3n) is 3.53. The Morgan fingerprint density at radius 3 is 2.78 bits per heavy atom. The van der Waals surface area contributed by atoms with Crippen molar-refractivity contribution in [1.82, 2.24) is 15.0 Å². The first kappa shape index (κ1) is 15.6. The van der Waals surface area contributed by atoms with Gasteiger partial charge in [-0.3, -0.25) is 4.98 Å². The Labute approximate surface area is 137 Å². The van der Waals surface area contributed by atoms with E-state index >= 15 is 0 Å². The molecule has 3 aromatic rings. The quantitative estimate of drug-likeness (QED) is 0.727. The Hall–Kier alpha value is -2.25. The van der Waals surface area contributed by atoms with E-state index in [9.17, 15) is 4.55 Å². The lowest BCUT2D eigenvalue weighted by Gasteiger charge is -2.17. The molecule has 0 radical (unpaired) electrons. The first-order valence-electron chi connectivity index (χ1n) is 7.12. The number of H-pyrrole nitrogens is 1. The normalized spacial score (nSPS) is 12.3. The van der Waals surface area contributed by atoms with E-state index in [4.69, 9.17) is 4.74 Å². The van der Waals surface area contributed by atoms with Crippen LogP contribution in [-0.4, -0.2) is 40.7 Å². The van der Waals surface area contributed by atoms with Crippen molar-refractivity contribution in [3.05, 3.63) is 42.1 Å². The van der Waals surface area contributed by atoms with Gasteiger partial charge < -0.3 is 14.2 Å². The number of hydrogen-bond donors (Lipinski definition) is 1. The molecular weight excluding hydrogens is 312 g/mol. The Balaban J connectivity index is 1.91. The Morgan fingerprint density at radius 1 is 1.26 bits per heavy atom.